The fourth-order valence-electron chi connectivity index (χ4n) is 3.63. The number of nitrogens with zero attached hydrogens (tertiary/aromatic N) is 2. The number of carbonyl (C=O) groups excluding carboxylic acids is 1. The van der Waals surface area contributed by atoms with Crippen LogP contribution in [-0.2, 0) is 19.3 Å². The predicted molar refractivity (Wildman–Crippen MR) is 101 cm³/mol. The molecule has 1 saturated heterocycles. The number of hydrogen-bond donors (Lipinski definition) is 3. The van der Waals surface area contributed by atoms with Crippen LogP contribution in [0.2, 0.25) is 0 Å². The molecule has 136 valence electrons. The third-order valence-electron chi connectivity index (χ3n) is 5.09. The average molecular weight is 351 g/mol. The molecule has 26 heavy (non-hydrogen) atoms. The quantitative estimate of drug-likeness (QED) is 0.764. The minimum absolute atomic E-state index is 0.0806. The summed E-state index contributed by atoms with van der Waals surface area (Å²) in [4.78, 5) is 21.7. The van der Waals surface area contributed by atoms with Gasteiger partial charge in [0.2, 0.25) is 0 Å². The van der Waals surface area contributed by atoms with Crippen LogP contribution in [0.5, 0.6) is 0 Å². The molecule has 0 atom stereocenters. The van der Waals surface area contributed by atoms with E-state index in [9.17, 15) is 4.79 Å². The van der Waals surface area contributed by atoms with Crippen LogP contribution in [0.3, 0.4) is 0 Å². The van der Waals surface area contributed by atoms with E-state index in [4.69, 9.17) is 4.98 Å². The van der Waals surface area contributed by atoms with Gasteiger partial charge in [0, 0.05) is 24.6 Å². The number of aromatic nitrogens is 2. The van der Waals surface area contributed by atoms with E-state index in [1.807, 2.05) is 18.2 Å². The lowest BCUT2D eigenvalue weighted by atomic mass is 10.0. The Morgan fingerprint density at radius 2 is 1.85 bits per heavy atom. The summed E-state index contributed by atoms with van der Waals surface area (Å²) in [6.07, 6.45) is 4.53. The lowest BCUT2D eigenvalue weighted by molar-refractivity contribution is 0.0940. The van der Waals surface area contributed by atoms with Gasteiger partial charge in [-0.25, -0.2) is 9.97 Å². The molecule has 0 unspecified atom stereocenters. The Bertz CT molecular complexity index is 771. The van der Waals surface area contributed by atoms with E-state index in [0.717, 1.165) is 62.4 Å². The molecular formula is C20H25N5O. The molecule has 1 fully saturated rings. The van der Waals surface area contributed by atoms with Crippen molar-refractivity contribution < 1.29 is 4.79 Å². The first kappa shape index (κ1) is 17.0. The average Bonchev–Trinajstić information content (AvgIpc) is 2.69. The molecule has 0 radical (unpaired) electrons. The highest BCUT2D eigenvalue weighted by Gasteiger charge is 2.25. The van der Waals surface area contributed by atoms with Gasteiger partial charge in [-0.2, -0.15) is 0 Å². The maximum atomic E-state index is 12.3. The molecule has 2 aliphatic rings. The van der Waals surface area contributed by atoms with Crippen molar-refractivity contribution in [1.82, 2.24) is 20.6 Å². The molecule has 1 aromatic carbocycles. The molecule has 3 heterocycles. The van der Waals surface area contributed by atoms with Gasteiger partial charge in [-0.05, 0) is 44.3 Å². The fraction of sp³-hybridized carbons (Fsp3) is 0.450. The Balaban J connectivity index is 1.58. The minimum Gasteiger partial charge on any atom is -0.367 e. The molecule has 0 spiro atoms. The predicted octanol–water partition coefficient (Wildman–Crippen LogP) is 1.71. The second-order valence-electron chi connectivity index (χ2n) is 6.98. The van der Waals surface area contributed by atoms with Gasteiger partial charge >= 0.3 is 0 Å². The molecule has 1 aromatic heterocycles. The van der Waals surface area contributed by atoms with E-state index in [-0.39, 0.29) is 5.91 Å². The van der Waals surface area contributed by atoms with Crippen LogP contribution in [0.1, 0.15) is 40.3 Å². The van der Waals surface area contributed by atoms with Gasteiger partial charge < -0.3 is 16.0 Å². The van der Waals surface area contributed by atoms with Gasteiger partial charge in [0.25, 0.3) is 5.91 Å². The van der Waals surface area contributed by atoms with Crippen molar-refractivity contribution in [3.05, 3.63) is 53.0 Å². The summed E-state index contributed by atoms with van der Waals surface area (Å²) < 4.78 is 0. The summed E-state index contributed by atoms with van der Waals surface area (Å²) in [6, 6.07) is 10.7. The molecule has 0 aliphatic carbocycles. The van der Waals surface area contributed by atoms with Crippen molar-refractivity contribution >= 4 is 11.7 Å². The number of rotatable bonds is 5. The first-order chi connectivity index (χ1) is 12.8. The summed E-state index contributed by atoms with van der Waals surface area (Å²) >= 11 is 0. The van der Waals surface area contributed by atoms with Crippen molar-refractivity contribution in [2.75, 3.05) is 25.0 Å². The first-order valence-corrected chi connectivity index (χ1v) is 9.49. The van der Waals surface area contributed by atoms with E-state index in [2.05, 4.69) is 33.1 Å². The topological polar surface area (TPSA) is 78.9 Å². The number of fused-ring (bicyclic) bond motifs is 1. The van der Waals surface area contributed by atoms with Crippen LogP contribution in [0.4, 0.5) is 5.82 Å². The molecule has 4 rings (SSSR count). The largest absolute Gasteiger partial charge is 0.367 e. The number of aryl methyl sites for hydroxylation is 2. The van der Waals surface area contributed by atoms with Crippen LogP contribution in [0, 0.1) is 0 Å². The Hall–Kier alpha value is -2.47. The number of benzene rings is 1. The second-order valence-corrected chi connectivity index (χ2v) is 6.98. The zero-order valence-electron chi connectivity index (χ0n) is 14.9. The molecular weight excluding hydrogens is 326 g/mol. The summed E-state index contributed by atoms with van der Waals surface area (Å²) in [6.45, 7) is 2.69. The zero-order valence-corrected chi connectivity index (χ0v) is 14.9. The van der Waals surface area contributed by atoms with Gasteiger partial charge in [0.15, 0.2) is 0 Å². The Labute approximate surface area is 153 Å². The Kier molecular flexibility index (Phi) is 5.11. The van der Waals surface area contributed by atoms with E-state index in [0.29, 0.717) is 18.3 Å². The van der Waals surface area contributed by atoms with Crippen molar-refractivity contribution in [2.45, 2.75) is 38.1 Å². The second kappa shape index (κ2) is 7.83. The number of amides is 1. The lowest BCUT2D eigenvalue weighted by Crippen LogP contribution is -2.38. The van der Waals surface area contributed by atoms with Crippen molar-refractivity contribution in [2.24, 2.45) is 0 Å². The molecule has 6 nitrogen and oxygen atoms in total. The van der Waals surface area contributed by atoms with Gasteiger partial charge in [0.1, 0.15) is 17.3 Å². The van der Waals surface area contributed by atoms with E-state index < -0.39 is 0 Å². The minimum atomic E-state index is -0.0806. The highest BCUT2D eigenvalue weighted by Crippen LogP contribution is 2.23. The molecule has 2 aliphatic heterocycles. The van der Waals surface area contributed by atoms with Gasteiger partial charge in [-0.1, -0.05) is 30.3 Å². The first-order valence-electron chi connectivity index (χ1n) is 9.49. The van der Waals surface area contributed by atoms with Crippen LogP contribution in [0.15, 0.2) is 30.3 Å². The van der Waals surface area contributed by atoms with E-state index in [1.54, 1.807) is 0 Å². The normalized spacial score (nSPS) is 17.5. The summed E-state index contributed by atoms with van der Waals surface area (Å²) in [5.41, 5.74) is 2.77. The molecule has 0 saturated carbocycles. The van der Waals surface area contributed by atoms with Gasteiger partial charge in [-0.3, -0.25) is 4.79 Å². The lowest BCUT2D eigenvalue weighted by Gasteiger charge is -2.27. The van der Waals surface area contributed by atoms with E-state index in [1.165, 1.54) is 5.56 Å². The monoisotopic (exact) mass is 351 g/mol. The third kappa shape index (κ3) is 3.85. The Morgan fingerprint density at radius 1 is 1.04 bits per heavy atom. The Morgan fingerprint density at radius 3 is 2.65 bits per heavy atom. The van der Waals surface area contributed by atoms with Gasteiger partial charge in [-0.15, -0.1) is 0 Å². The van der Waals surface area contributed by atoms with Crippen molar-refractivity contribution in [3.63, 3.8) is 0 Å². The number of hydrogen-bond acceptors (Lipinski definition) is 5. The highest BCUT2D eigenvalue weighted by molar-refractivity contribution is 5.96. The number of nitrogens with one attached hydrogen (secondary N) is 3. The number of anilines is 1. The smallest absolute Gasteiger partial charge is 0.270 e. The van der Waals surface area contributed by atoms with Crippen LogP contribution >= 0.6 is 0 Å². The molecule has 3 N–H and O–H groups in total. The maximum absolute atomic E-state index is 12.3. The number of piperidine rings is 1. The molecule has 0 bridgehead atoms. The highest BCUT2D eigenvalue weighted by atomic mass is 16.1. The van der Waals surface area contributed by atoms with Crippen LogP contribution in [0.25, 0.3) is 0 Å². The molecule has 6 heteroatoms. The van der Waals surface area contributed by atoms with E-state index >= 15 is 0 Å². The maximum Gasteiger partial charge on any atom is 0.270 e. The number of carbonyl (C=O) groups is 1. The molecule has 2 aromatic rings. The SMILES string of the molecule is O=C1NCCc2c(NC3CCNCC3)nc(CCc3ccccc3)nc21. The van der Waals surface area contributed by atoms with Crippen molar-refractivity contribution in [1.29, 1.82) is 0 Å². The van der Waals surface area contributed by atoms with Gasteiger partial charge in [0.05, 0.1) is 0 Å². The van der Waals surface area contributed by atoms with Crippen LogP contribution in [-0.4, -0.2) is 41.6 Å². The molecule has 1 amide bonds. The van der Waals surface area contributed by atoms with Crippen LogP contribution < -0.4 is 16.0 Å². The summed E-state index contributed by atoms with van der Waals surface area (Å²) in [5, 5.41) is 9.88. The standard InChI is InChI=1S/C20H25N5O/c26-20-18-16(10-13-22-20)19(23-15-8-11-21-12-9-15)25-17(24-18)7-6-14-4-2-1-3-5-14/h1-5,15,21H,6-13H2,(H,22,26)(H,23,24,25). The summed E-state index contributed by atoms with van der Waals surface area (Å²) in [7, 11) is 0. The van der Waals surface area contributed by atoms with Crippen molar-refractivity contribution in [3.8, 4) is 0 Å². The zero-order chi connectivity index (χ0) is 17.8. The third-order valence-corrected chi connectivity index (χ3v) is 5.09. The fourth-order valence-corrected chi connectivity index (χ4v) is 3.63. The summed E-state index contributed by atoms with van der Waals surface area (Å²) in [5.74, 6) is 1.52.